The first-order valence-corrected chi connectivity index (χ1v) is 12.1. The molecule has 0 aliphatic carbocycles. The molecule has 1 heterocycles. The van der Waals surface area contributed by atoms with E-state index in [0.717, 1.165) is 11.6 Å². The standard InChI is InChI=1S/C27H26ClF3N4O3/c1-18(22-7-2-3-8-25(22)38-32)33-26(36)35-13-11-34(12-14-35)17-19-5-4-6-20(15-19)37-21-9-10-24(28)23(16-21)27(29,30)31/h2-10,15-16H,1,11-14,17,32H2,(H,33,36). The maximum Gasteiger partial charge on any atom is 0.417 e. The summed E-state index contributed by atoms with van der Waals surface area (Å²) in [6.45, 7) is 6.81. The third-order valence-corrected chi connectivity index (χ3v) is 6.37. The van der Waals surface area contributed by atoms with Gasteiger partial charge in [0.05, 0.1) is 10.6 Å². The van der Waals surface area contributed by atoms with E-state index >= 15 is 0 Å². The minimum absolute atomic E-state index is 0.0424. The molecular weight excluding hydrogens is 521 g/mol. The van der Waals surface area contributed by atoms with Gasteiger partial charge in [0.2, 0.25) is 0 Å². The van der Waals surface area contributed by atoms with Crippen LogP contribution in [0.15, 0.2) is 73.3 Å². The van der Waals surface area contributed by atoms with Gasteiger partial charge >= 0.3 is 12.2 Å². The van der Waals surface area contributed by atoms with Gasteiger partial charge in [0.25, 0.3) is 0 Å². The highest BCUT2D eigenvalue weighted by atomic mass is 35.5. The summed E-state index contributed by atoms with van der Waals surface area (Å²) in [5, 5.41) is 2.41. The number of alkyl halides is 3. The van der Waals surface area contributed by atoms with Crippen molar-refractivity contribution in [3.63, 3.8) is 0 Å². The van der Waals surface area contributed by atoms with Crippen LogP contribution in [0.1, 0.15) is 16.7 Å². The molecule has 1 saturated heterocycles. The zero-order valence-electron chi connectivity index (χ0n) is 20.3. The van der Waals surface area contributed by atoms with Crippen molar-refractivity contribution in [2.24, 2.45) is 5.90 Å². The molecule has 2 amide bonds. The largest absolute Gasteiger partial charge is 0.457 e. The molecule has 7 nitrogen and oxygen atoms in total. The molecule has 11 heteroatoms. The molecule has 0 bridgehead atoms. The summed E-state index contributed by atoms with van der Waals surface area (Å²) < 4.78 is 45.1. The number of hydrogen-bond acceptors (Lipinski definition) is 5. The molecule has 38 heavy (non-hydrogen) atoms. The lowest BCUT2D eigenvalue weighted by atomic mass is 10.1. The first-order chi connectivity index (χ1) is 18.1. The number of halogens is 4. The summed E-state index contributed by atoms with van der Waals surface area (Å²) in [6.07, 6.45) is -4.58. The van der Waals surface area contributed by atoms with E-state index < -0.39 is 11.7 Å². The van der Waals surface area contributed by atoms with Crippen molar-refractivity contribution in [3.8, 4) is 17.2 Å². The molecule has 0 radical (unpaired) electrons. The molecule has 0 atom stereocenters. The van der Waals surface area contributed by atoms with Gasteiger partial charge in [0.1, 0.15) is 11.5 Å². The van der Waals surface area contributed by atoms with Crippen LogP contribution < -0.4 is 20.8 Å². The zero-order chi connectivity index (χ0) is 27.3. The molecule has 3 aromatic carbocycles. The maximum atomic E-state index is 13.2. The van der Waals surface area contributed by atoms with Crippen molar-refractivity contribution < 1.29 is 27.5 Å². The molecule has 0 saturated carbocycles. The molecule has 1 aliphatic rings. The molecule has 3 N–H and O–H groups in total. The average molecular weight is 547 g/mol. The molecule has 1 fully saturated rings. The highest BCUT2D eigenvalue weighted by molar-refractivity contribution is 6.31. The van der Waals surface area contributed by atoms with Crippen LogP contribution in [0.25, 0.3) is 5.70 Å². The number of carbonyl (C=O) groups excluding carboxylic acids is 1. The van der Waals surface area contributed by atoms with Gasteiger partial charge in [-0.25, -0.2) is 4.79 Å². The topological polar surface area (TPSA) is 80.1 Å². The molecule has 0 aromatic heterocycles. The number of nitrogens with zero attached hydrogens (tertiary/aromatic N) is 2. The number of carbonyl (C=O) groups is 1. The highest BCUT2D eigenvalue weighted by Gasteiger charge is 2.33. The Morgan fingerprint density at radius 2 is 1.71 bits per heavy atom. The molecule has 4 rings (SSSR count). The van der Waals surface area contributed by atoms with E-state index in [1.54, 1.807) is 47.4 Å². The van der Waals surface area contributed by atoms with Crippen LogP contribution in [-0.2, 0) is 12.7 Å². The fourth-order valence-electron chi connectivity index (χ4n) is 4.09. The van der Waals surface area contributed by atoms with Crippen molar-refractivity contribution in [1.29, 1.82) is 0 Å². The second-order valence-corrected chi connectivity index (χ2v) is 9.08. The lowest BCUT2D eigenvalue weighted by Gasteiger charge is -2.35. The monoisotopic (exact) mass is 546 g/mol. The van der Waals surface area contributed by atoms with E-state index in [0.29, 0.717) is 55.5 Å². The summed E-state index contributed by atoms with van der Waals surface area (Å²) in [6, 6.07) is 17.3. The van der Waals surface area contributed by atoms with Gasteiger partial charge in [-0.15, -0.1) is 0 Å². The highest BCUT2D eigenvalue weighted by Crippen LogP contribution is 2.37. The van der Waals surface area contributed by atoms with Crippen molar-refractivity contribution in [2.75, 3.05) is 26.2 Å². The molecule has 0 unspecified atom stereocenters. The molecule has 0 spiro atoms. The van der Waals surface area contributed by atoms with Crippen LogP contribution in [-0.4, -0.2) is 42.0 Å². The van der Waals surface area contributed by atoms with Crippen molar-refractivity contribution in [1.82, 2.24) is 15.1 Å². The SMILES string of the molecule is C=C(NC(=O)N1CCN(Cc2cccc(Oc3ccc(Cl)c(C(F)(F)F)c3)c2)CC1)c1ccccc1ON. The number of piperazine rings is 1. The number of hydrogen-bond donors (Lipinski definition) is 2. The quantitative estimate of drug-likeness (QED) is 0.361. The average Bonchev–Trinajstić information content (AvgIpc) is 2.89. The molecule has 3 aromatic rings. The Balaban J connectivity index is 1.31. The molecular formula is C27H26ClF3N4O3. The number of nitrogens with two attached hydrogens (primary N) is 1. The van der Waals surface area contributed by atoms with Gasteiger partial charge in [-0.05, 0) is 48.0 Å². The first-order valence-electron chi connectivity index (χ1n) is 11.7. The fourth-order valence-corrected chi connectivity index (χ4v) is 4.31. The minimum Gasteiger partial charge on any atom is -0.457 e. The van der Waals surface area contributed by atoms with Gasteiger partial charge in [-0.2, -0.15) is 19.1 Å². The second-order valence-electron chi connectivity index (χ2n) is 8.67. The van der Waals surface area contributed by atoms with E-state index in [1.807, 2.05) is 6.07 Å². The summed E-state index contributed by atoms with van der Waals surface area (Å²) in [5.74, 6) is 6.16. The Morgan fingerprint density at radius 3 is 2.42 bits per heavy atom. The fraction of sp³-hybridized carbons (Fsp3) is 0.222. The van der Waals surface area contributed by atoms with Gasteiger partial charge in [-0.3, -0.25) is 4.90 Å². The molecule has 1 aliphatic heterocycles. The van der Waals surface area contributed by atoms with Crippen LogP contribution in [0.4, 0.5) is 18.0 Å². The number of ether oxygens (including phenoxy) is 1. The predicted octanol–water partition coefficient (Wildman–Crippen LogP) is 5.90. The van der Waals surface area contributed by atoms with Crippen LogP contribution in [0.5, 0.6) is 17.2 Å². The Bertz CT molecular complexity index is 1310. The van der Waals surface area contributed by atoms with Crippen LogP contribution in [0.3, 0.4) is 0 Å². The third kappa shape index (κ3) is 6.77. The number of urea groups is 1. The van der Waals surface area contributed by atoms with Gasteiger partial charge < -0.3 is 19.8 Å². The summed E-state index contributed by atoms with van der Waals surface area (Å²) >= 11 is 5.69. The summed E-state index contributed by atoms with van der Waals surface area (Å²) in [4.78, 5) is 21.5. The van der Waals surface area contributed by atoms with E-state index in [-0.39, 0.29) is 16.8 Å². The van der Waals surface area contributed by atoms with E-state index in [4.69, 9.17) is 27.1 Å². The Kier molecular flexibility index (Phi) is 8.45. The van der Waals surface area contributed by atoms with E-state index in [1.165, 1.54) is 12.1 Å². The van der Waals surface area contributed by atoms with Crippen molar-refractivity contribution in [3.05, 3.63) is 95.0 Å². The molecule has 200 valence electrons. The maximum absolute atomic E-state index is 13.2. The summed E-state index contributed by atoms with van der Waals surface area (Å²) in [5.41, 5.74) is 0.961. The zero-order valence-corrected chi connectivity index (χ0v) is 21.1. The van der Waals surface area contributed by atoms with E-state index in [2.05, 4.69) is 16.8 Å². The number of nitrogens with one attached hydrogen (secondary N) is 1. The van der Waals surface area contributed by atoms with Gasteiger partial charge in [-0.1, -0.05) is 42.4 Å². The number of rotatable bonds is 7. The van der Waals surface area contributed by atoms with E-state index in [9.17, 15) is 18.0 Å². The lowest BCUT2D eigenvalue weighted by molar-refractivity contribution is -0.137. The van der Waals surface area contributed by atoms with Gasteiger partial charge in [0.15, 0.2) is 5.75 Å². The smallest absolute Gasteiger partial charge is 0.417 e. The van der Waals surface area contributed by atoms with Crippen LogP contribution >= 0.6 is 11.6 Å². The van der Waals surface area contributed by atoms with Crippen LogP contribution in [0.2, 0.25) is 5.02 Å². The number of para-hydroxylation sites is 1. The Labute approximate surface area is 223 Å². The van der Waals surface area contributed by atoms with Crippen molar-refractivity contribution in [2.45, 2.75) is 12.7 Å². The summed E-state index contributed by atoms with van der Waals surface area (Å²) in [7, 11) is 0. The third-order valence-electron chi connectivity index (χ3n) is 6.04. The lowest BCUT2D eigenvalue weighted by Crippen LogP contribution is -2.51. The Morgan fingerprint density at radius 1 is 1.00 bits per heavy atom. The second kappa shape index (κ2) is 11.8. The van der Waals surface area contributed by atoms with Gasteiger partial charge in [0, 0.05) is 44.0 Å². The first kappa shape index (κ1) is 27.3. The van der Waals surface area contributed by atoms with Crippen LogP contribution in [0, 0.1) is 0 Å². The normalized spacial score (nSPS) is 14.2. The van der Waals surface area contributed by atoms with Crippen molar-refractivity contribution >= 4 is 23.3 Å². The minimum atomic E-state index is -4.58. The Hall–Kier alpha value is -3.73. The number of amides is 2. The predicted molar refractivity (Wildman–Crippen MR) is 139 cm³/mol. The number of benzene rings is 3.